The Kier molecular flexibility index (Phi) is 5.85. The van der Waals surface area contributed by atoms with Crippen LogP contribution in [0.2, 0.25) is 0 Å². The maximum atomic E-state index is 13.3. The van der Waals surface area contributed by atoms with Crippen molar-refractivity contribution in [3.8, 4) is 0 Å². The van der Waals surface area contributed by atoms with Crippen molar-refractivity contribution in [2.75, 3.05) is 4.90 Å². The smallest absolute Gasteiger partial charge is 0.312 e. The largest absolute Gasteiger partial charge is 0.467 e. The van der Waals surface area contributed by atoms with Crippen molar-refractivity contribution in [3.63, 3.8) is 0 Å². The molecule has 0 aliphatic rings. The van der Waals surface area contributed by atoms with Gasteiger partial charge in [-0.05, 0) is 55.8 Å². The molecule has 0 atom stereocenters. The monoisotopic (exact) mass is 430 g/mol. The second kappa shape index (κ2) is 8.89. The van der Waals surface area contributed by atoms with Crippen molar-refractivity contribution in [2.24, 2.45) is 0 Å². The molecule has 0 unspecified atom stereocenters. The van der Waals surface area contributed by atoms with Crippen LogP contribution in [0, 0.1) is 24.0 Å². The first-order valence-corrected chi connectivity index (χ1v) is 10.1. The lowest BCUT2D eigenvalue weighted by Gasteiger charge is -2.22. The van der Waals surface area contributed by atoms with E-state index in [1.807, 2.05) is 48.5 Å². The fourth-order valence-corrected chi connectivity index (χ4v) is 3.63. The first-order valence-electron chi connectivity index (χ1n) is 10.1. The van der Waals surface area contributed by atoms with E-state index in [0.29, 0.717) is 35.8 Å². The van der Waals surface area contributed by atoms with Crippen LogP contribution < -0.4 is 4.90 Å². The van der Waals surface area contributed by atoms with Gasteiger partial charge in [0.25, 0.3) is 5.91 Å². The van der Waals surface area contributed by atoms with E-state index in [2.05, 4.69) is 5.10 Å². The zero-order valence-corrected chi connectivity index (χ0v) is 17.8. The average Bonchev–Trinajstić information content (AvgIpc) is 3.40. The first-order chi connectivity index (χ1) is 15.4. The lowest BCUT2D eigenvalue weighted by Crippen LogP contribution is -2.30. The Morgan fingerprint density at radius 3 is 2.38 bits per heavy atom. The second-order valence-corrected chi connectivity index (χ2v) is 7.44. The van der Waals surface area contributed by atoms with Crippen LogP contribution in [0.5, 0.6) is 0 Å². The van der Waals surface area contributed by atoms with Gasteiger partial charge in [0.05, 0.1) is 24.3 Å². The molecule has 1 amide bonds. The van der Waals surface area contributed by atoms with E-state index in [9.17, 15) is 14.9 Å². The summed E-state index contributed by atoms with van der Waals surface area (Å²) >= 11 is 0. The molecule has 2 aromatic carbocycles. The lowest BCUT2D eigenvalue weighted by atomic mass is 10.1. The molecule has 0 aliphatic heterocycles. The van der Waals surface area contributed by atoms with Gasteiger partial charge in [-0.15, -0.1) is 0 Å². The molecular formula is C24H22N4O4. The molecule has 0 aliphatic carbocycles. The van der Waals surface area contributed by atoms with Crippen molar-refractivity contribution in [1.29, 1.82) is 0 Å². The number of anilines is 1. The number of benzene rings is 2. The van der Waals surface area contributed by atoms with Crippen molar-refractivity contribution in [1.82, 2.24) is 9.78 Å². The lowest BCUT2D eigenvalue weighted by molar-refractivity contribution is -0.386. The minimum absolute atomic E-state index is 0.0354. The number of hydrogen-bond acceptors (Lipinski definition) is 5. The fraction of sp³-hybridized carbons (Fsp3) is 0.167. The normalized spacial score (nSPS) is 10.8. The maximum Gasteiger partial charge on any atom is 0.312 e. The van der Waals surface area contributed by atoms with Gasteiger partial charge in [-0.2, -0.15) is 5.10 Å². The molecule has 4 aromatic rings. The number of amides is 1. The van der Waals surface area contributed by atoms with Crippen molar-refractivity contribution in [2.45, 2.75) is 26.9 Å². The van der Waals surface area contributed by atoms with Gasteiger partial charge in [-0.25, -0.2) is 0 Å². The van der Waals surface area contributed by atoms with Crippen LogP contribution in [-0.2, 0) is 13.1 Å². The van der Waals surface area contributed by atoms with E-state index < -0.39 is 4.92 Å². The van der Waals surface area contributed by atoms with E-state index >= 15 is 0 Å². The summed E-state index contributed by atoms with van der Waals surface area (Å²) in [6.45, 7) is 4.00. The van der Waals surface area contributed by atoms with Crippen molar-refractivity contribution >= 4 is 17.3 Å². The number of para-hydroxylation sites is 1. The van der Waals surface area contributed by atoms with E-state index in [1.54, 1.807) is 47.9 Å². The zero-order chi connectivity index (χ0) is 22.7. The topological polar surface area (TPSA) is 94.4 Å². The molecule has 0 radical (unpaired) electrons. The molecule has 2 aromatic heterocycles. The molecule has 0 saturated heterocycles. The van der Waals surface area contributed by atoms with Gasteiger partial charge in [-0.1, -0.05) is 30.3 Å². The average molecular weight is 430 g/mol. The van der Waals surface area contributed by atoms with Gasteiger partial charge in [0.2, 0.25) is 0 Å². The van der Waals surface area contributed by atoms with Crippen LogP contribution in [0.15, 0.2) is 77.4 Å². The summed E-state index contributed by atoms with van der Waals surface area (Å²) in [7, 11) is 0. The SMILES string of the molecule is Cc1nn(Cc2ccc(C(=O)N(Cc3ccco3)c3ccccc3)cc2)c(C)c1[N+](=O)[O-]. The highest BCUT2D eigenvalue weighted by molar-refractivity contribution is 6.06. The minimum Gasteiger partial charge on any atom is -0.467 e. The van der Waals surface area contributed by atoms with Crippen LogP contribution in [0.3, 0.4) is 0 Å². The third-order valence-corrected chi connectivity index (χ3v) is 5.27. The summed E-state index contributed by atoms with van der Waals surface area (Å²) in [5.74, 6) is 0.533. The number of furan rings is 1. The summed E-state index contributed by atoms with van der Waals surface area (Å²) in [4.78, 5) is 25.8. The van der Waals surface area contributed by atoms with Gasteiger partial charge < -0.3 is 9.32 Å². The van der Waals surface area contributed by atoms with Crippen LogP contribution in [0.25, 0.3) is 0 Å². The maximum absolute atomic E-state index is 13.3. The summed E-state index contributed by atoms with van der Waals surface area (Å²) < 4.78 is 7.05. The Labute approximate surface area is 184 Å². The molecule has 4 rings (SSSR count). The number of nitro groups is 1. The summed E-state index contributed by atoms with van der Waals surface area (Å²) in [5.41, 5.74) is 3.11. The summed E-state index contributed by atoms with van der Waals surface area (Å²) in [5, 5.41) is 15.5. The Balaban J connectivity index is 1.56. The first kappa shape index (κ1) is 21.0. The number of carbonyl (C=O) groups excluding carboxylic acids is 1. The van der Waals surface area contributed by atoms with Gasteiger partial charge in [0, 0.05) is 11.3 Å². The minimum atomic E-state index is -0.410. The van der Waals surface area contributed by atoms with Crippen LogP contribution in [-0.4, -0.2) is 20.6 Å². The van der Waals surface area contributed by atoms with Crippen LogP contribution in [0.4, 0.5) is 11.4 Å². The Morgan fingerprint density at radius 2 is 1.78 bits per heavy atom. The molecule has 2 heterocycles. The summed E-state index contributed by atoms with van der Waals surface area (Å²) in [6, 6.07) is 20.2. The quantitative estimate of drug-likeness (QED) is 0.307. The molecule has 0 fully saturated rings. The Morgan fingerprint density at radius 1 is 1.06 bits per heavy atom. The predicted octanol–water partition coefficient (Wildman–Crippen LogP) is 4.90. The highest BCUT2D eigenvalue weighted by atomic mass is 16.6. The summed E-state index contributed by atoms with van der Waals surface area (Å²) in [6.07, 6.45) is 1.58. The molecule has 0 spiro atoms. The van der Waals surface area contributed by atoms with Gasteiger partial charge in [0.15, 0.2) is 0 Å². The number of nitrogens with zero attached hydrogens (tertiary/aromatic N) is 4. The van der Waals surface area contributed by atoms with Crippen molar-refractivity contribution < 1.29 is 14.1 Å². The van der Waals surface area contributed by atoms with Crippen LogP contribution >= 0.6 is 0 Å². The number of aromatic nitrogens is 2. The number of carbonyl (C=O) groups is 1. The molecule has 32 heavy (non-hydrogen) atoms. The standard InChI is InChI=1S/C24H22N4O4/c1-17-23(28(30)31)18(2)27(25-17)15-19-10-12-20(13-11-19)24(29)26(16-22-9-6-14-32-22)21-7-4-3-5-8-21/h3-14H,15-16H2,1-2H3. The second-order valence-electron chi connectivity index (χ2n) is 7.44. The third kappa shape index (κ3) is 4.29. The Hall–Kier alpha value is -4.20. The Bertz CT molecular complexity index is 1230. The van der Waals surface area contributed by atoms with Gasteiger partial charge in [0.1, 0.15) is 17.1 Å². The number of aryl methyl sites for hydroxylation is 1. The van der Waals surface area contributed by atoms with E-state index in [0.717, 1.165) is 11.3 Å². The molecule has 0 saturated carbocycles. The molecule has 8 heteroatoms. The van der Waals surface area contributed by atoms with Crippen LogP contribution in [0.1, 0.15) is 33.1 Å². The van der Waals surface area contributed by atoms with Gasteiger partial charge in [-0.3, -0.25) is 19.6 Å². The highest BCUT2D eigenvalue weighted by Gasteiger charge is 2.22. The van der Waals surface area contributed by atoms with E-state index in [4.69, 9.17) is 4.42 Å². The van der Waals surface area contributed by atoms with E-state index in [1.165, 1.54) is 0 Å². The molecule has 0 bridgehead atoms. The van der Waals surface area contributed by atoms with Gasteiger partial charge >= 0.3 is 5.69 Å². The van der Waals surface area contributed by atoms with E-state index in [-0.39, 0.29) is 11.6 Å². The highest BCUT2D eigenvalue weighted by Crippen LogP contribution is 2.23. The predicted molar refractivity (Wildman–Crippen MR) is 120 cm³/mol. The molecule has 162 valence electrons. The fourth-order valence-electron chi connectivity index (χ4n) is 3.63. The van der Waals surface area contributed by atoms with Crippen molar-refractivity contribution in [3.05, 3.63) is 111 Å². The number of hydrogen-bond donors (Lipinski definition) is 0. The third-order valence-electron chi connectivity index (χ3n) is 5.27. The molecule has 0 N–H and O–H groups in total. The zero-order valence-electron chi connectivity index (χ0n) is 17.8. The number of rotatable bonds is 7. The molecule has 8 nitrogen and oxygen atoms in total. The molecular weight excluding hydrogens is 408 g/mol.